The summed E-state index contributed by atoms with van der Waals surface area (Å²) >= 11 is 1.66. The lowest BCUT2D eigenvalue weighted by Crippen LogP contribution is -2.28. The van der Waals surface area contributed by atoms with Crippen LogP contribution in [0.3, 0.4) is 0 Å². The molecule has 0 saturated heterocycles. The van der Waals surface area contributed by atoms with Crippen LogP contribution in [0.15, 0.2) is 5.38 Å². The summed E-state index contributed by atoms with van der Waals surface area (Å²) in [5, 5.41) is 14.9. The van der Waals surface area contributed by atoms with Gasteiger partial charge in [-0.05, 0) is 13.0 Å². The molecule has 5 heteroatoms. The molecule has 1 heterocycles. The summed E-state index contributed by atoms with van der Waals surface area (Å²) in [6.45, 7) is 6.88. The molecule has 0 aliphatic heterocycles. The first-order chi connectivity index (χ1) is 8.17. The average molecular weight is 252 g/mol. The maximum atomic E-state index is 8.68. The molecule has 0 aliphatic rings. The molecular formula is C12H20N4S. The van der Waals surface area contributed by atoms with Crippen LogP contribution in [0, 0.1) is 17.2 Å². The maximum Gasteiger partial charge on any atom is 0.185 e. The van der Waals surface area contributed by atoms with Crippen molar-refractivity contribution in [3.63, 3.8) is 0 Å². The zero-order valence-electron chi connectivity index (χ0n) is 10.7. The molecule has 0 aromatic carbocycles. The first-order valence-corrected chi connectivity index (χ1v) is 6.76. The van der Waals surface area contributed by atoms with Gasteiger partial charge in [-0.25, -0.2) is 4.98 Å². The van der Waals surface area contributed by atoms with Gasteiger partial charge in [-0.15, -0.1) is 11.3 Å². The summed E-state index contributed by atoms with van der Waals surface area (Å²) in [6, 6.07) is 2.20. The fourth-order valence-corrected chi connectivity index (χ4v) is 2.46. The molecule has 1 aromatic rings. The molecule has 0 amide bonds. The molecule has 0 spiro atoms. The van der Waals surface area contributed by atoms with E-state index >= 15 is 0 Å². The first kappa shape index (κ1) is 13.9. The minimum Gasteiger partial charge on any atom is -0.347 e. The Balaban J connectivity index is 2.69. The predicted octanol–water partition coefficient (Wildman–Crippen LogP) is 2.24. The number of nitrogens with zero attached hydrogens (tertiary/aromatic N) is 3. The Morgan fingerprint density at radius 1 is 1.59 bits per heavy atom. The standard InChI is InChI=1S/C12H20N4S/c1-10(2)8-16(6-4-5-13)12-15-11(7-14-3)9-17-12/h9-10,14H,4,6-8H2,1-3H3. The summed E-state index contributed by atoms with van der Waals surface area (Å²) in [7, 11) is 1.92. The highest BCUT2D eigenvalue weighted by Crippen LogP contribution is 2.21. The van der Waals surface area contributed by atoms with Crippen molar-refractivity contribution in [2.24, 2.45) is 5.92 Å². The van der Waals surface area contributed by atoms with E-state index in [-0.39, 0.29) is 0 Å². The van der Waals surface area contributed by atoms with Crippen molar-refractivity contribution >= 4 is 16.5 Å². The highest BCUT2D eigenvalue weighted by atomic mass is 32.1. The molecule has 4 nitrogen and oxygen atoms in total. The number of hydrogen-bond donors (Lipinski definition) is 1. The van der Waals surface area contributed by atoms with Gasteiger partial charge in [0.2, 0.25) is 0 Å². The van der Waals surface area contributed by atoms with Crippen LogP contribution in [0.5, 0.6) is 0 Å². The third-order valence-corrected chi connectivity index (χ3v) is 3.20. The van der Waals surface area contributed by atoms with E-state index in [0.29, 0.717) is 12.3 Å². The molecule has 1 N–H and O–H groups in total. The van der Waals surface area contributed by atoms with Crippen LogP contribution in [-0.4, -0.2) is 25.1 Å². The molecular weight excluding hydrogens is 232 g/mol. The van der Waals surface area contributed by atoms with Gasteiger partial charge in [0.25, 0.3) is 0 Å². The first-order valence-electron chi connectivity index (χ1n) is 5.88. The van der Waals surface area contributed by atoms with Gasteiger partial charge in [0.05, 0.1) is 18.2 Å². The average Bonchev–Trinajstić information content (AvgIpc) is 2.73. The molecule has 94 valence electrons. The van der Waals surface area contributed by atoms with Crippen molar-refractivity contribution in [3.05, 3.63) is 11.1 Å². The normalized spacial score (nSPS) is 10.5. The van der Waals surface area contributed by atoms with Crippen molar-refractivity contribution in [1.82, 2.24) is 10.3 Å². The van der Waals surface area contributed by atoms with Crippen molar-refractivity contribution in [1.29, 1.82) is 5.26 Å². The Morgan fingerprint density at radius 2 is 2.35 bits per heavy atom. The summed E-state index contributed by atoms with van der Waals surface area (Å²) in [6.07, 6.45) is 0.549. The number of rotatable bonds is 7. The van der Waals surface area contributed by atoms with Gasteiger partial charge in [-0.1, -0.05) is 13.8 Å². The van der Waals surface area contributed by atoms with Crippen LogP contribution in [0.25, 0.3) is 0 Å². The predicted molar refractivity (Wildman–Crippen MR) is 72.2 cm³/mol. The quantitative estimate of drug-likeness (QED) is 0.808. The molecule has 0 atom stereocenters. The minimum absolute atomic E-state index is 0.549. The second kappa shape index (κ2) is 7.25. The lowest BCUT2D eigenvalue weighted by molar-refractivity contribution is 0.610. The van der Waals surface area contributed by atoms with Crippen molar-refractivity contribution in [2.45, 2.75) is 26.8 Å². The zero-order chi connectivity index (χ0) is 12.7. The van der Waals surface area contributed by atoms with Gasteiger partial charge in [-0.2, -0.15) is 5.26 Å². The summed E-state index contributed by atoms with van der Waals surface area (Å²) in [5.74, 6) is 0.574. The van der Waals surface area contributed by atoms with Crippen LogP contribution in [-0.2, 0) is 6.54 Å². The molecule has 0 fully saturated rings. The Labute approximate surface area is 107 Å². The third kappa shape index (κ3) is 4.72. The second-order valence-corrected chi connectivity index (χ2v) is 5.24. The van der Waals surface area contributed by atoms with Gasteiger partial charge < -0.3 is 10.2 Å². The number of thiazole rings is 1. The molecule has 1 rings (SSSR count). The van der Waals surface area contributed by atoms with Gasteiger partial charge in [0.1, 0.15) is 0 Å². The molecule has 0 unspecified atom stereocenters. The van der Waals surface area contributed by atoms with E-state index < -0.39 is 0 Å². The third-order valence-electron chi connectivity index (χ3n) is 2.25. The Kier molecular flexibility index (Phi) is 5.95. The highest BCUT2D eigenvalue weighted by Gasteiger charge is 2.12. The number of nitrogens with one attached hydrogen (secondary N) is 1. The molecule has 17 heavy (non-hydrogen) atoms. The van der Waals surface area contributed by atoms with E-state index in [4.69, 9.17) is 5.26 Å². The fourth-order valence-electron chi connectivity index (χ4n) is 1.59. The van der Waals surface area contributed by atoms with E-state index in [1.54, 1.807) is 11.3 Å². The molecule has 0 radical (unpaired) electrons. The van der Waals surface area contributed by atoms with Gasteiger partial charge in [0.15, 0.2) is 5.13 Å². The number of anilines is 1. The molecule has 0 bridgehead atoms. The van der Waals surface area contributed by atoms with Crippen LogP contribution < -0.4 is 10.2 Å². The summed E-state index contributed by atoms with van der Waals surface area (Å²) < 4.78 is 0. The highest BCUT2D eigenvalue weighted by molar-refractivity contribution is 7.13. The molecule has 0 aliphatic carbocycles. The molecule has 0 saturated carbocycles. The molecule has 1 aromatic heterocycles. The van der Waals surface area contributed by atoms with Crippen molar-refractivity contribution in [3.8, 4) is 6.07 Å². The van der Waals surface area contributed by atoms with E-state index in [9.17, 15) is 0 Å². The van der Waals surface area contributed by atoms with E-state index in [1.807, 2.05) is 7.05 Å². The summed E-state index contributed by atoms with van der Waals surface area (Å²) in [4.78, 5) is 6.78. The monoisotopic (exact) mass is 252 g/mol. The van der Waals surface area contributed by atoms with Gasteiger partial charge >= 0.3 is 0 Å². The van der Waals surface area contributed by atoms with Crippen molar-refractivity contribution in [2.75, 3.05) is 25.0 Å². The summed E-state index contributed by atoms with van der Waals surface area (Å²) in [5.41, 5.74) is 1.07. The van der Waals surface area contributed by atoms with E-state index in [2.05, 4.69) is 40.5 Å². The van der Waals surface area contributed by atoms with Crippen LogP contribution in [0.2, 0.25) is 0 Å². The van der Waals surface area contributed by atoms with Crippen molar-refractivity contribution < 1.29 is 0 Å². The van der Waals surface area contributed by atoms with Crippen LogP contribution in [0.4, 0.5) is 5.13 Å². The SMILES string of the molecule is CNCc1csc(N(CCC#N)CC(C)C)n1. The number of nitriles is 1. The Morgan fingerprint density at radius 3 is 2.94 bits per heavy atom. The van der Waals surface area contributed by atoms with E-state index in [1.165, 1.54) is 0 Å². The smallest absolute Gasteiger partial charge is 0.185 e. The lowest BCUT2D eigenvalue weighted by atomic mass is 10.2. The van der Waals surface area contributed by atoms with E-state index in [0.717, 1.165) is 30.5 Å². The number of aromatic nitrogens is 1. The second-order valence-electron chi connectivity index (χ2n) is 4.40. The largest absolute Gasteiger partial charge is 0.347 e. The zero-order valence-corrected chi connectivity index (χ0v) is 11.5. The number of hydrogen-bond acceptors (Lipinski definition) is 5. The fraction of sp³-hybridized carbons (Fsp3) is 0.667. The van der Waals surface area contributed by atoms with Crippen LogP contribution >= 0.6 is 11.3 Å². The topological polar surface area (TPSA) is 52.0 Å². The maximum absolute atomic E-state index is 8.68. The Bertz CT molecular complexity index is 367. The lowest BCUT2D eigenvalue weighted by Gasteiger charge is -2.22. The Hall–Kier alpha value is -1.12. The van der Waals surface area contributed by atoms with Crippen LogP contribution in [0.1, 0.15) is 26.0 Å². The van der Waals surface area contributed by atoms with Gasteiger partial charge in [-0.3, -0.25) is 0 Å². The minimum atomic E-state index is 0.549. The van der Waals surface area contributed by atoms with Gasteiger partial charge in [0, 0.05) is 25.0 Å².